The summed E-state index contributed by atoms with van der Waals surface area (Å²) in [4.78, 5) is 11.6. The van der Waals surface area contributed by atoms with Crippen molar-refractivity contribution in [3.8, 4) is 0 Å². The molecule has 0 N–H and O–H groups in total. The van der Waals surface area contributed by atoms with Crippen molar-refractivity contribution in [2.75, 3.05) is 20.0 Å². The van der Waals surface area contributed by atoms with Gasteiger partial charge in [0, 0.05) is 11.6 Å². The predicted molar refractivity (Wildman–Crippen MR) is 61.6 cm³/mol. The molecule has 1 aromatic rings. The third-order valence-electron chi connectivity index (χ3n) is 2.35. The summed E-state index contributed by atoms with van der Waals surface area (Å²) in [5.41, 5.74) is 0.646. The van der Waals surface area contributed by atoms with Crippen LogP contribution < -0.4 is 0 Å². The Morgan fingerprint density at radius 1 is 1.41 bits per heavy atom. The maximum atomic E-state index is 11.6. The van der Waals surface area contributed by atoms with E-state index in [0.717, 1.165) is 0 Å². The number of allylic oxidation sites excluding steroid dienone is 1. The zero-order chi connectivity index (χ0) is 11.9. The summed E-state index contributed by atoms with van der Waals surface area (Å²) in [6.07, 6.45) is 2.77. The van der Waals surface area contributed by atoms with Crippen LogP contribution in [0.5, 0.6) is 0 Å². The second-order valence-electron chi connectivity index (χ2n) is 3.64. The molecule has 1 saturated heterocycles. The minimum atomic E-state index is -0.0748. The molecule has 4 nitrogen and oxygen atoms in total. The van der Waals surface area contributed by atoms with E-state index in [0.29, 0.717) is 25.6 Å². The number of ketones is 1. The molecule has 2 rings (SSSR count). The number of hydrogen-bond acceptors (Lipinski definition) is 4. The lowest BCUT2D eigenvalue weighted by atomic mass is 10.1. The van der Waals surface area contributed by atoms with E-state index in [4.69, 9.17) is 14.2 Å². The van der Waals surface area contributed by atoms with E-state index < -0.39 is 0 Å². The molecule has 1 aliphatic rings. The standard InChI is InChI=1S/C13H14O4/c14-13(11-4-2-1-3-5-11)6-7-15-8-12-9-16-10-17-12/h1-7,12H,8-10H2. The molecule has 4 heteroatoms. The first-order chi connectivity index (χ1) is 8.36. The van der Waals surface area contributed by atoms with Crippen LogP contribution in [0.4, 0.5) is 0 Å². The van der Waals surface area contributed by atoms with E-state index in [1.165, 1.54) is 12.3 Å². The quantitative estimate of drug-likeness (QED) is 0.442. The van der Waals surface area contributed by atoms with Crippen LogP contribution in [0, 0.1) is 0 Å². The Morgan fingerprint density at radius 3 is 2.94 bits per heavy atom. The predicted octanol–water partition coefficient (Wildman–Crippen LogP) is 1.77. The van der Waals surface area contributed by atoms with Gasteiger partial charge in [-0.25, -0.2) is 0 Å². The van der Waals surface area contributed by atoms with Crippen molar-refractivity contribution in [2.45, 2.75) is 6.10 Å². The number of rotatable bonds is 5. The average Bonchev–Trinajstić information content (AvgIpc) is 2.88. The first-order valence-corrected chi connectivity index (χ1v) is 5.43. The average molecular weight is 234 g/mol. The maximum absolute atomic E-state index is 11.6. The molecule has 1 heterocycles. The molecule has 1 atom stereocenters. The Balaban J connectivity index is 1.74. The van der Waals surface area contributed by atoms with Crippen molar-refractivity contribution < 1.29 is 19.0 Å². The van der Waals surface area contributed by atoms with Crippen molar-refractivity contribution >= 4 is 5.78 Å². The Bertz CT molecular complexity index is 380. The fraction of sp³-hybridized carbons (Fsp3) is 0.308. The topological polar surface area (TPSA) is 44.8 Å². The molecule has 1 aliphatic heterocycles. The van der Waals surface area contributed by atoms with Crippen molar-refractivity contribution in [3.05, 3.63) is 48.2 Å². The van der Waals surface area contributed by atoms with Crippen LogP contribution in [0.25, 0.3) is 0 Å². The molecule has 0 bridgehead atoms. The highest BCUT2D eigenvalue weighted by Gasteiger charge is 2.15. The maximum Gasteiger partial charge on any atom is 0.188 e. The molecule has 0 amide bonds. The molecular formula is C13H14O4. The number of benzene rings is 1. The van der Waals surface area contributed by atoms with Gasteiger partial charge in [-0.15, -0.1) is 0 Å². The van der Waals surface area contributed by atoms with Crippen LogP contribution in [-0.4, -0.2) is 31.9 Å². The molecule has 0 saturated carbocycles. The first-order valence-electron chi connectivity index (χ1n) is 5.43. The highest BCUT2D eigenvalue weighted by molar-refractivity contribution is 6.04. The first kappa shape index (κ1) is 11.8. The lowest BCUT2D eigenvalue weighted by molar-refractivity contribution is 0.0247. The molecule has 90 valence electrons. The normalized spacial score (nSPS) is 19.6. The van der Waals surface area contributed by atoms with Crippen molar-refractivity contribution in [1.82, 2.24) is 0 Å². The Kier molecular flexibility index (Phi) is 4.30. The third-order valence-corrected chi connectivity index (χ3v) is 2.35. The molecule has 0 aromatic heterocycles. The molecule has 1 aromatic carbocycles. The van der Waals surface area contributed by atoms with Crippen LogP contribution in [-0.2, 0) is 14.2 Å². The summed E-state index contributed by atoms with van der Waals surface area (Å²) in [5, 5.41) is 0. The second kappa shape index (κ2) is 6.18. The fourth-order valence-electron chi connectivity index (χ4n) is 1.44. The van der Waals surface area contributed by atoms with Crippen LogP contribution in [0.3, 0.4) is 0 Å². The second-order valence-corrected chi connectivity index (χ2v) is 3.64. The van der Waals surface area contributed by atoms with Crippen LogP contribution in [0.15, 0.2) is 42.7 Å². The van der Waals surface area contributed by atoms with Crippen LogP contribution in [0.2, 0.25) is 0 Å². The van der Waals surface area contributed by atoms with Gasteiger partial charge in [-0.3, -0.25) is 4.79 Å². The van der Waals surface area contributed by atoms with E-state index >= 15 is 0 Å². The van der Waals surface area contributed by atoms with Crippen LogP contribution in [0.1, 0.15) is 10.4 Å². The van der Waals surface area contributed by atoms with Gasteiger partial charge in [0.2, 0.25) is 0 Å². The Morgan fingerprint density at radius 2 is 2.24 bits per heavy atom. The summed E-state index contributed by atoms with van der Waals surface area (Å²) in [6, 6.07) is 9.05. The monoisotopic (exact) mass is 234 g/mol. The number of ether oxygens (including phenoxy) is 3. The van der Waals surface area contributed by atoms with E-state index in [1.807, 2.05) is 18.2 Å². The van der Waals surface area contributed by atoms with Gasteiger partial charge in [-0.05, 0) is 0 Å². The van der Waals surface area contributed by atoms with E-state index in [2.05, 4.69) is 0 Å². The minimum absolute atomic E-state index is 0.0357. The van der Waals surface area contributed by atoms with E-state index in [-0.39, 0.29) is 11.9 Å². The van der Waals surface area contributed by atoms with Crippen molar-refractivity contribution in [1.29, 1.82) is 0 Å². The molecule has 1 fully saturated rings. The van der Waals surface area contributed by atoms with Gasteiger partial charge >= 0.3 is 0 Å². The van der Waals surface area contributed by atoms with Gasteiger partial charge in [0.15, 0.2) is 5.78 Å². The van der Waals surface area contributed by atoms with Gasteiger partial charge in [-0.2, -0.15) is 0 Å². The fourth-order valence-corrected chi connectivity index (χ4v) is 1.44. The van der Waals surface area contributed by atoms with Crippen molar-refractivity contribution in [3.63, 3.8) is 0 Å². The zero-order valence-corrected chi connectivity index (χ0v) is 9.37. The Labute approximate surface area is 99.8 Å². The number of carbonyl (C=O) groups excluding carboxylic acids is 1. The highest BCUT2D eigenvalue weighted by atomic mass is 16.7. The summed E-state index contributed by atoms with van der Waals surface area (Å²) in [6.45, 7) is 1.26. The third kappa shape index (κ3) is 3.69. The molecule has 0 aliphatic carbocycles. The highest BCUT2D eigenvalue weighted by Crippen LogP contribution is 2.04. The lowest BCUT2D eigenvalue weighted by Gasteiger charge is -2.05. The van der Waals surface area contributed by atoms with Gasteiger partial charge in [0.05, 0.1) is 12.9 Å². The molecule has 0 radical (unpaired) electrons. The molecule has 1 unspecified atom stereocenters. The molecule has 17 heavy (non-hydrogen) atoms. The molecule has 0 spiro atoms. The van der Waals surface area contributed by atoms with E-state index in [1.54, 1.807) is 12.1 Å². The SMILES string of the molecule is O=C(C=COCC1COCO1)c1ccccc1. The van der Waals surface area contributed by atoms with Gasteiger partial charge in [0.25, 0.3) is 0 Å². The summed E-state index contributed by atoms with van der Waals surface area (Å²) >= 11 is 0. The summed E-state index contributed by atoms with van der Waals surface area (Å²) < 4.78 is 15.4. The Hall–Kier alpha value is -1.65. The molecular weight excluding hydrogens is 220 g/mol. The van der Waals surface area contributed by atoms with Gasteiger partial charge in [-0.1, -0.05) is 30.3 Å². The van der Waals surface area contributed by atoms with E-state index in [9.17, 15) is 4.79 Å². The van der Waals surface area contributed by atoms with Gasteiger partial charge in [0.1, 0.15) is 19.5 Å². The minimum Gasteiger partial charge on any atom is -0.498 e. The summed E-state index contributed by atoms with van der Waals surface area (Å²) in [7, 11) is 0. The smallest absolute Gasteiger partial charge is 0.188 e. The van der Waals surface area contributed by atoms with Gasteiger partial charge < -0.3 is 14.2 Å². The largest absolute Gasteiger partial charge is 0.498 e. The number of hydrogen-bond donors (Lipinski definition) is 0. The summed E-state index contributed by atoms with van der Waals surface area (Å²) in [5.74, 6) is -0.0748. The van der Waals surface area contributed by atoms with Crippen LogP contribution >= 0.6 is 0 Å². The number of carbonyl (C=O) groups is 1. The van der Waals surface area contributed by atoms with Crippen molar-refractivity contribution in [2.24, 2.45) is 0 Å². The zero-order valence-electron chi connectivity index (χ0n) is 9.37. The lowest BCUT2D eigenvalue weighted by Crippen LogP contribution is -2.15.